The minimum atomic E-state index is -0.0516. The number of hydrogen-bond donors (Lipinski definition) is 2. The van der Waals surface area contributed by atoms with Gasteiger partial charge in [0.05, 0.1) is 5.69 Å². The van der Waals surface area contributed by atoms with Crippen molar-refractivity contribution in [3.63, 3.8) is 0 Å². The lowest BCUT2D eigenvalue weighted by atomic mass is 10.1. The van der Waals surface area contributed by atoms with Crippen LogP contribution >= 0.6 is 11.3 Å². The predicted molar refractivity (Wildman–Crippen MR) is 58.3 cm³/mol. The second-order valence-electron chi connectivity index (χ2n) is 2.88. The third-order valence-electron chi connectivity index (χ3n) is 1.97. The fraction of sp³-hybridized carbons (Fsp3) is 0.100. The van der Waals surface area contributed by atoms with Gasteiger partial charge in [-0.25, -0.2) is 0 Å². The first-order valence-electron chi connectivity index (χ1n) is 4.28. The first-order valence-corrected chi connectivity index (χ1v) is 5.10. The minimum Gasteiger partial charge on any atom is -0.326 e. The van der Waals surface area contributed by atoms with Gasteiger partial charge in [0.2, 0.25) is 0 Å². The highest BCUT2D eigenvalue weighted by Crippen LogP contribution is 2.21. The summed E-state index contributed by atoms with van der Waals surface area (Å²) >= 11 is 1.17. The van der Waals surface area contributed by atoms with E-state index >= 15 is 0 Å². The van der Waals surface area contributed by atoms with E-state index in [4.69, 9.17) is 5.73 Å². The summed E-state index contributed by atoms with van der Waals surface area (Å²) < 4.78 is 0. The van der Waals surface area contributed by atoms with Crippen molar-refractivity contribution in [1.82, 2.24) is 4.98 Å². The summed E-state index contributed by atoms with van der Waals surface area (Å²) in [6, 6.07) is 9.72. The van der Waals surface area contributed by atoms with Gasteiger partial charge in [-0.3, -0.25) is 4.79 Å². The number of hydrogen-bond acceptors (Lipinski definition) is 3. The van der Waals surface area contributed by atoms with E-state index in [1.807, 2.05) is 30.3 Å². The Balaban J connectivity index is 2.56. The summed E-state index contributed by atoms with van der Waals surface area (Å²) in [6.07, 6.45) is 0. The predicted octanol–water partition coefficient (Wildman–Crippen LogP) is 1.56. The van der Waals surface area contributed by atoms with Crippen molar-refractivity contribution in [1.29, 1.82) is 0 Å². The quantitative estimate of drug-likeness (QED) is 0.783. The highest BCUT2D eigenvalue weighted by molar-refractivity contribution is 7.09. The molecule has 3 nitrogen and oxygen atoms in total. The molecule has 0 fully saturated rings. The third-order valence-corrected chi connectivity index (χ3v) is 2.87. The molecule has 1 aromatic carbocycles. The van der Waals surface area contributed by atoms with Crippen molar-refractivity contribution in [2.24, 2.45) is 5.73 Å². The Morgan fingerprint density at radius 2 is 2.00 bits per heavy atom. The largest absolute Gasteiger partial charge is 0.326 e. The fourth-order valence-electron chi connectivity index (χ4n) is 1.34. The Morgan fingerprint density at radius 1 is 1.29 bits per heavy atom. The van der Waals surface area contributed by atoms with E-state index in [-0.39, 0.29) is 4.87 Å². The smallest absolute Gasteiger partial charge is 0.305 e. The standard InChI is InChI=1S/C10H10N2OS/c11-6-8-9(12-10(13)14-8)7-4-2-1-3-5-7/h1-5H,6,11H2,(H,12,13). The van der Waals surface area contributed by atoms with Gasteiger partial charge >= 0.3 is 4.87 Å². The van der Waals surface area contributed by atoms with Gasteiger partial charge in [0.25, 0.3) is 0 Å². The van der Waals surface area contributed by atoms with Crippen molar-refractivity contribution in [2.45, 2.75) is 6.54 Å². The topological polar surface area (TPSA) is 58.9 Å². The average molecular weight is 206 g/mol. The molecule has 0 saturated carbocycles. The Labute approximate surface area is 85.2 Å². The van der Waals surface area contributed by atoms with E-state index in [0.717, 1.165) is 16.1 Å². The second-order valence-corrected chi connectivity index (χ2v) is 3.95. The number of thiazole rings is 1. The van der Waals surface area contributed by atoms with Crippen LogP contribution in [-0.2, 0) is 6.54 Å². The molecule has 72 valence electrons. The number of aromatic amines is 1. The first-order chi connectivity index (χ1) is 6.81. The van der Waals surface area contributed by atoms with Crippen molar-refractivity contribution < 1.29 is 0 Å². The van der Waals surface area contributed by atoms with Crippen LogP contribution in [0.1, 0.15) is 4.88 Å². The van der Waals surface area contributed by atoms with E-state index in [1.165, 1.54) is 11.3 Å². The SMILES string of the molecule is NCc1sc(=O)[nH]c1-c1ccccc1. The fourth-order valence-corrected chi connectivity index (χ4v) is 2.07. The Bertz CT molecular complexity index is 472. The Morgan fingerprint density at radius 3 is 2.64 bits per heavy atom. The van der Waals surface area contributed by atoms with Crippen LogP contribution in [-0.4, -0.2) is 4.98 Å². The van der Waals surface area contributed by atoms with Crippen LogP contribution in [0, 0.1) is 0 Å². The van der Waals surface area contributed by atoms with E-state index in [9.17, 15) is 4.79 Å². The molecule has 4 heteroatoms. The minimum absolute atomic E-state index is 0.0516. The maximum atomic E-state index is 11.2. The molecule has 0 aliphatic carbocycles. The van der Waals surface area contributed by atoms with Crippen LogP contribution in [0.3, 0.4) is 0 Å². The van der Waals surface area contributed by atoms with E-state index in [0.29, 0.717) is 6.54 Å². The number of benzene rings is 1. The zero-order chi connectivity index (χ0) is 9.97. The van der Waals surface area contributed by atoms with Gasteiger partial charge < -0.3 is 10.7 Å². The Hall–Kier alpha value is -1.39. The molecule has 0 bridgehead atoms. The third kappa shape index (κ3) is 1.62. The zero-order valence-corrected chi connectivity index (χ0v) is 8.30. The van der Waals surface area contributed by atoms with E-state index in [2.05, 4.69) is 4.98 Å². The maximum absolute atomic E-state index is 11.2. The van der Waals surface area contributed by atoms with Crippen LogP contribution in [0.15, 0.2) is 35.1 Å². The molecule has 0 amide bonds. The number of nitrogens with one attached hydrogen (secondary N) is 1. The van der Waals surface area contributed by atoms with Gasteiger partial charge in [-0.2, -0.15) is 0 Å². The summed E-state index contributed by atoms with van der Waals surface area (Å²) in [5, 5.41) is 0. The molecule has 0 radical (unpaired) electrons. The first kappa shape index (κ1) is 9.18. The van der Waals surface area contributed by atoms with Gasteiger partial charge in [0, 0.05) is 11.4 Å². The summed E-state index contributed by atoms with van der Waals surface area (Å²) in [5.74, 6) is 0. The van der Waals surface area contributed by atoms with E-state index < -0.39 is 0 Å². The lowest BCUT2D eigenvalue weighted by Crippen LogP contribution is -1.95. The molecule has 2 aromatic rings. The number of nitrogens with two attached hydrogens (primary N) is 1. The summed E-state index contributed by atoms with van der Waals surface area (Å²) in [6.45, 7) is 0.396. The average Bonchev–Trinajstić information content (AvgIpc) is 2.61. The molecule has 0 spiro atoms. The van der Waals surface area contributed by atoms with Crippen LogP contribution < -0.4 is 10.6 Å². The molecule has 14 heavy (non-hydrogen) atoms. The molecular formula is C10H10N2OS. The normalized spacial score (nSPS) is 10.4. The van der Waals surface area contributed by atoms with Crippen molar-refractivity contribution in [3.05, 3.63) is 44.9 Å². The molecule has 3 N–H and O–H groups in total. The van der Waals surface area contributed by atoms with E-state index in [1.54, 1.807) is 0 Å². The lowest BCUT2D eigenvalue weighted by molar-refractivity contribution is 1.10. The molecule has 0 unspecified atom stereocenters. The van der Waals surface area contributed by atoms with Crippen LogP contribution in [0.2, 0.25) is 0 Å². The molecule has 0 aliphatic rings. The monoisotopic (exact) mass is 206 g/mol. The molecule has 0 atom stereocenters. The number of aromatic nitrogens is 1. The highest BCUT2D eigenvalue weighted by Gasteiger charge is 2.07. The van der Waals surface area contributed by atoms with Gasteiger partial charge in [0.1, 0.15) is 0 Å². The molecule has 1 heterocycles. The molecule has 1 aromatic heterocycles. The molecule has 2 rings (SSSR count). The second kappa shape index (κ2) is 3.77. The van der Waals surface area contributed by atoms with Crippen LogP contribution in [0.25, 0.3) is 11.3 Å². The van der Waals surface area contributed by atoms with Gasteiger partial charge in [0.15, 0.2) is 0 Å². The highest BCUT2D eigenvalue weighted by atomic mass is 32.1. The maximum Gasteiger partial charge on any atom is 0.305 e. The lowest BCUT2D eigenvalue weighted by Gasteiger charge is -1.99. The molecule has 0 saturated heterocycles. The zero-order valence-electron chi connectivity index (χ0n) is 7.49. The summed E-state index contributed by atoms with van der Waals surface area (Å²) in [5.41, 5.74) is 7.41. The van der Waals surface area contributed by atoms with Crippen molar-refractivity contribution in [2.75, 3.05) is 0 Å². The van der Waals surface area contributed by atoms with Gasteiger partial charge in [-0.15, -0.1) is 0 Å². The number of H-pyrrole nitrogens is 1. The number of rotatable bonds is 2. The Kier molecular flexibility index (Phi) is 2.47. The van der Waals surface area contributed by atoms with Gasteiger partial charge in [-0.05, 0) is 5.56 Å². The van der Waals surface area contributed by atoms with Gasteiger partial charge in [-0.1, -0.05) is 41.7 Å². The summed E-state index contributed by atoms with van der Waals surface area (Å²) in [7, 11) is 0. The molecular weight excluding hydrogens is 196 g/mol. The summed E-state index contributed by atoms with van der Waals surface area (Å²) in [4.78, 5) is 14.8. The van der Waals surface area contributed by atoms with Crippen molar-refractivity contribution >= 4 is 11.3 Å². The molecule has 0 aliphatic heterocycles. The van der Waals surface area contributed by atoms with Crippen LogP contribution in [0.4, 0.5) is 0 Å². The van der Waals surface area contributed by atoms with Crippen LogP contribution in [0.5, 0.6) is 0 Å². The van der Waals surface area contributed by atoms with Crippen molar-refractivity contribution in [3.8, 4) is 11.3 Å².